The second kappa shape index (κ2) is 7.90. The number of piperidine rings is 1. The van der Waals surface area contributed by atoms with E-state index >= 15 is 0 Å². The number of aromatic nitrogens is 1. The van der Waals surface area contributed by atoms with Crippen LogP contribution in [0.5, 0.6) is 0 Å². The van der Waals surface area contributed by atoms with Crippen LogP contribution in [-0.2, 0) is 4.79 Å². The van der Waals surface area contributed by atoms with Crippen LogP contribution in [0.2, 0.25) is 0 Å². The molecule has 1 unspecified atom stereocenters. The Labute approximate surface area is 141 Å². The van der Waals surface area contributed by atoms with E-state index in [0.717, 1.165) is 23.3 Å². The first-order chi connectivity index (χ1) is 10.2. The molecule has 1 aliphatic heterocycles. The Hall–Kier alpha value is -1.17. The number of anilines is 1. The lowest BCUT2D eigenvalue weighted by Gasteiger charge is -2.27. The molecular weight excluding hydrogens is 318 g/mol. The standard InChI is InChI=1S/C16H21N3OS.ClH/c1-11(12-6-8-17-9-7-12)10-15(20)19-16-18-13-4-2-3-5-14(13)21-16;/h2-5,11-12,17H,6-10H2,1H3,(H,18,19,20);1H. The van der Waals surface area contributed by atoms with E-state index in [1.807, 2.05) is 24.3 Å². The molecule has 2 aromatic rings. The third-order valence-corrected chi connectivity index (χ3v) is 5.19. The first-order valence-corrected chi connectivity index (χ1v) is 8.40. The maximum Gasteiger partial charge on any atom is 0.226 e. The van der Waals surface area contributed by atoms with E-state index < -0.39 is 0 Å². The normalized spacial score (nSPS) is 17.0. The number of hydrogen-bond acceptors (Lipinski definition) is 4. The highest BCUT2D eigenvalue weighted by Crippen LogP contribution is 2.27. The molecule has 1 atom stereocenters. The van der Waals surface area contributed by atoms with Gasteiger partial charge in [0.2, 0.25) is 5.91 Å². The van der Waals surface area contributed by atoms with Crippen molar-refractivity contribution in [2.24, 2.45) is 11.8 Å². The number of thiazole rings is 1. The quantitative estimate of drug-likeness (QED) is 0.893. The van der Waals surface area contributed by atoms with Gasteiger partial charge in [0.1, 0.15) is 0 Å². The topological polar surface area (TPSA) is 54.0 Å². The Morgan fingerprint density at radius 3 is 2.86 bits per heavy atom. The molecule has 0 saturated carbocycles. The van der Waals surface area contributed by atoms with Crippen LogP contribution in [0.4, 0.5) is 5.13 Å². The van der Waals surface area contributed by atoms with Crippen LogP contribution in [0.3, 0.4) is 0 Å². The Bertz CT molecular complexity index is 592. The zero-order valence-corrected chi connectivity index (χ0v) is 14.3. The van der Waals surface area contributed by atoms with E-state index in [4.69, 9.17) is 0 Å². The Morgan fingerprint density at radius 1 is 1.41 bits per heavy atom. The monoisotopic (exact) mass is 339 g/mol. The van der Waals surface area contributed by atoms with Crippen LogP contribution >= 0.6 is 23.7 Å². The average Bonchev–Trinajstić information content (AvgIpc) is 2.90. The molecule has 0 bridgehead atoms. The minimum Gasteiger partial charge on any atom is -0.317 e. The Balaban J connectivity index is 0.00000176. The highest BCUT2D eigenvalue weighted by Gasteiger charge is 2.22. The lowest BCUT2D eigenvalue weighted by Crippen LogP contribution is -2.32. The fraction of sp³-hybridized carbons (Fsp3) is 0.500. The number of carbonyl (C=O) groups is 1. The molecule has 1 aromatic heterocycles. The van der Waals surface area contributed by atoms with E-state index in [1.165, 1.54) is 24.2 Å². The van der Waals surface area contributed by atoms with Crippen molar-refractivity contribution >= 4 is 45.0 Å². The second-order valence-corrected chi connectivity index (χ2v) is 6.83. The SMILES string of the molecule is CC(CC(=O)Nc1nc2ccccc2s1)C1CCNCC1.Cl. The lowest BCUT2D eigenvalue weighted by atomic mass is 9.84. The fourth-order valence-electron chi connectivity index (χ4n) is 2.97. The summed E-state index contributed by atoms with van der Waals surface area (Å²) in [5, 5.41) is 7.03. The van der Waals surface area contributed by atoms with Crippen LogP contribution in [0.25, 0.3) is 10.2 Å². The van der Waals surface area contributed by atoms with Crippen LogP contribution in [0.1, 0.15) is 26.2 Å². The van der Waals surface area contributed by atoms with E-state index in [-0.39, 0.29) is 18.3 Å². The summed E-state index contributed by atoms with van der Waals surface area (Å²) in [5.41, 5.74) is 0.948. The van der Waals surface area contributed by atoms with Gasteiger partial charge in [-0.2, -0.15) is 0 Å². The van der Waals surface area contributed by atoms with E-state index in [1.54, 1.807) is 0 Å². The molecule has 22 heavy (non-hydrogen) atoms. The van der Waals surface area contributed by atoms with Crippen molar-refractivity contribution in [1.82, 2.24) is 10.3 Å². The first kappa shape index (κ1) is 17.2. The highest BCUT2D eigenvalue weighted by molar-refractivity contribution is 7.22. The molecule has 0 radical (unpaired) electrons. The number of para-hydroxylation sites is 1. The molecular formula is C16H22ClN3OS. The zero-order valence-electron chi connectivity index (χ0n) is 12.7. The van der Waals surface area contributed by atoms with Crippen molar-refractivity contribution in [2.75, 3.05) is 18.4 Å². The number of nitrogens with one attached hydrogen (secondary N) is 2. The number of carbonyl (C=O) groups excluding carboxylic acids is 1. The molecule has 4 nitrogen and oxygen atoms in total. The molecule has 0 aliphatic carbocycles. The average molecular weight is 340 g/mol. The highest BCUT2D eigenvalue weighted by atomic mass is 35.5. The number of hydrogen-bond donors (Lipinski definition) is 2. The Kier molecular flexibility index (Phi) is 6.17. The van der Waals surface area contributed by atoms with Gasteiger partial charge in [0, 0.05) is 6.42 Å². The van der Waals surface area contributed by atoms with Crippen LogP contribution in [0, 0.1) is 11.8 Å². The van der Waals surface area contributed by atoms with Gasteiger partial charge in [-0.15, -0.1) is 12.4 Å². The number of nitrogens with zero attached hydrogens (tertiary/aromatic N) is 1. The van der Waals surface area contributed by atoms with Crippen molar-refractivity contribution in [3.63, 3.8) is 0 Å². The predicted molar refractivity (Wildman–Crippen MR) is 94.9 cm³/mol. The van der Waals surface area contributed by atoms with E-state index in [9.17, 15) is 4.79 Å². The van der Waals surface area contributed by atoms with Gasteiger partial charge in [-0.05, 0) is 49.9 Å². The minimum atomic E-state index is 0. The van der Waals surface area contributed by atoms with Crippen LogP contribution in [-0.4, -0.2) is 24.0 Å². The summed E-state index contributed by atoms with van der Waals surface area (Å²) in [6.45, 7) is 4.34. The summed E-state index contributed by atoms with van der Waals surface area (Å²) in [5.74, 6) is 1.17. The van der Waals surface area contributed by atoms with Crippen LogP contribution in [0.15, 0.2) is 24.3 Å². The molecule has 1 aliphatic rings. The van der Waals surface area contributed by atoms with Gasteiger partial charge in [0.05, 0.1) is 10.2 Å². The van der Waals surface area contributed by atoms with Crippen molar-refractivity contribution in [2.45, 2.75) is 26.2 Å². The van der Waals surface area contributed by atoms with E-state index in [0.29, 0.717) is 23.4 Å². The van der Waals surface area contributed by atoms with Crippen molar-refractivity contribution < 1.29 is 4.79 Å². The zero-order chi connectivity index (χ0) is 14.7. The summed E-state index contributed by atoms with van der Waals surface area (Å²) in [6.07, 6.45) is 2.94. The molecule has 2 heterocycles. The van der Waals surface area contributed by atoms with Crippen LogP contribution < -0.4 is 10.6 Å². The molecule has 1 aromatic carbocycles. The Morgan fingerprint density at radius 2 is 2.14 bits per heavy atom. The van der Waals surface area contributed by atoms with Gasteiger partial charge >= 0.3 is 0 Å². The summed E-state index contributed by atoms with van der Waals surface area (Å²) >= 11 is 1.54. The van der Waals surface area contributed by atoms with Gasteiger partial charge < -0.3 is 10.6 Å². The van der Waals surface area contributed by atoms with Crippen molar-refractivity contribution in [3.8, 4) is 0 Å². The molecule has 3 rings (SSSR count). The number of fused-ring (bicyclic) bond motifs is 1. The predicted octanol–water partition coefficient (Wildman–Crippen LogP) is 3.68. The second-order valence-electron chi connectivity index (χ2n) is 5.80. The summed E-state index contributed by atoms with van der Waals surface area (Å²) in [6, 6.07) is 7.96. The number of benzene rings is 1. The molecule has 120 valence electrons. The fourth-order valence-corrected chi connectivity index (χ4v) is 3.85. The molecule has 1 saturated heterocycles. The van der Waals surface area contributed by atoms with Gasteiger partial charge in [0.25, 0.3) is 0 Å². The lowest BCUT2D eigenvalue weighted by molar-refractivity contribution is -0.117. The molecule has 1 amide bonds. The van der Waals surface area contributed by atoms with Gasteiger partial charge in [-0.3, -0.25) is 4.79 Å². The maximum absolute atomic E-state index is 12.2. The molecule has 1 fully saturated rings. The third-order valence-electron chi connectivity index (χ3n) is 4.24. The van der Waals surface area contributed by atoms with Gasteiger partial charge in [-0.25, -0.2) is 4.98 Å². The molecule has 2 N–H and O–H groups in total. The minimum absolute atomic E-state index is 0. The third kappa shape index (κ3) is 4.18. The van der Waals surface area contributed by atoms with Crippen molar-refractivity contribution in [3.05, 3.63) is 24.3 Å². The summed E-state index contributed by atoms with van der Waals surface area (Å²) < 4.78 is 1.11. The van der Waals surface area contributed by atoms with Crippen molar-refractivity contribution in [1.29, 1.82) is 0 Å². The van der Waals surface area contributed by atoms with Gasteiger partial charge in [-0.1, -0.05) is 30.4 Å². The summed E-state index contributed by atoms with van der Waals surface area (Å²) in [4.78, 5) is 16.6. The number of halogens is 1. The smallest absolute Gasteiger partial charge is 0.226 e. The van der Waals surface area contributed by atoms with E-state index in [2.05, 4.69) is 22.5 Å². The maximum atomic E-state index is 12.2. The van der Waals surface area contributed by atoms with Gasteiger partial charge in [0.15, 0.2) is 5.13 Å². The summed E-state index contributed by atoms with van der Waals surface area (Å²) in [7, 11) is 0. The molecule has 6 heteroatoms. The number of amides is 1. The largest absolute Gasteiger partial charge is 0.317 e. The molecule has 0 spiro atoms. The number of rotatable bonds is 4. The first-order valence-electron chi connectivity index (χ1n) is 7.58.